The van der Waals surface area contributed by atoms with E-state index >= 15 is 0 Å². The molecule has 0 atom stereocenters. The number of halogens is 1. The molecular weight excluding hydrogens is 157 g/mol. The molecule has 62 valence electrons. The van der Waals surface area contributed by atoms with Crippen molar-refractivity contribution in [3.8, 4) is 0 Å². The largest absolute Gasteiger partial charge is 0.397 e. The SMILES string of the molecule is Cn1cc(N)c2c(F)nccc21. The van der Waals surface area contributed by atoms with Gasteiger partial charge in [0.1, 0.15) is 0 Å². The Labute approximate surface area is 68.6 Å². The summed E-state index contributed by atoms with van der Waals surface area (Å²) in [6.45, 7) is 0. The lowest BCUT2D eigenvalue weighted by atomic mass is 10.3. The number of fused-ring (bicyclic) bond motifs is 1. The number of rotatable bonds is 0. The zero-order chi connectivity index (χ0) is 8.72. The summed E-state index contributed by atoms with van der Waals surface area (Å²) < 4.78 is 14.8. The average Bonchev–Trinajstić information content (AvgIpc) is 2.29. The second kappa shape index (κ2) is 2.20. The maximum atomic E-state index is 13.1. The molecule has 3 nitrogen and oxygen atoms in total. The molecule has 2 aromatic heterocycles. The Hall–Kier alpha value is -1.58. The highest BCUT2D eigenvalue weighted by atomic mass is 19.1. The molecule has 4 heteroatoms. The number of nitrogen functional groups attached to an aromatic ring is 1. The van der Waals surface area contributed by atoms with Crippen LogP contribution in [0.5, 0.6) is 0 Å². The molecule has 0 aliphatic heterocycles. The second-order valence-electron chi connectivity index (χ2n) is 2.69. The van der Waals surface area contributed by atoms with Crippen molar-refractivity contribution < 1.29 is 4.39 Å². The van der Waals surface area contributed by atoms with Crippen LogP contribution in [0.25, 0.3) is 10.9 Å². The molecule has 2 N–H and O–H groups in total. The van der Waals surface area contributed by atoms with E-state index in [-0.39, 0.29) is 0 Å². The topological polar surface area (TPSA) is 43.8 Å². The van der Waals surface area contributed by atoms with E-state index in [1.54, 1.807) is 16.8 Å². The maximum absolute atomic E-state index is 13.1. The third kappa shape index (κ3) is 0.777. The average molecular weight is 165 g/mol. The number of hydrogen-bond donors (Lipinski definition) is 1. The molecule has 2 aromatic rings. The van der Waals surface area contributed by atoms with Crippen molar-refractivity contribution in [2.45, 2.75) is 0 Å². The van der Waals surface area contributed by atoms with E-state index in [1.165, 1.54) is 6.20 Å². The van der Waals surface area contributed by atoms with Gasteiger partial charge in [-0.3, -0.25) is 0 Å². The van der Waals surface area contributed by atoms with E-state index < -0.39 is 5.95 Å². The fourth-order valence-electron chi connectivity index (χ4n) is 1.33. The molecule has 0 unspecified atom stereocenters. The lowest BCUT2D eigenvalue weighted by Gasteiger charge is -1.94. The highest BCUT2D eigenvalue weighted by Crippen LogP contribution is 2.23. The van der Waals surface area contributed by atoms with Crippen molar-refractivity contribution in [1.82, 2.24) is 9.55 Å². The highest BCUT2D eigenvalue weighted by molar-refractivity contribution is 5.91. The number of aryl methyl sites for hydroxylation is 1. The summed E-state index contributed by atoms with van der Waals surface area (Å²) in [5, 5.41) is 0.403. The van der Waals surface area contributed by atoms with Gasteiger partial charge in [0, 0.05) is 19.4 Å². The molecule has 0 spiro atoms. The number of hydrogen-bond acceptors (Lipinski definition) is 2. The van der Waals surface area contributed by atoms with Gasteiger partial charge in [0.25, 0.3) is 0 Å². The summed E-state index contributed by atoms with van der Waals surface area (Å²) in [5.41, 5.74) is 6.77. The minimum atomic E-state index is -0.509. The molecule has 2 rings (SSSR count). The number of nitrogens with two attached hydrogens (primary N) is 1. The lowest BCUT2D eigenvalue weighted by molar-refractivity contribution is 0.597. The van der Waals surface area contributed by atoms with E-state index in [0.717, 1.165) is 5.52 Å². The van der Waals surface area contributed by atoms with Crippen molar-refractivity contribution in [2.75, 3.05) is 5.73 Å². The molecule has 0 saturated heterocycles. The van der Waals surface area contributed by atoms with Crippen molar-refractivity contribution in [1.29, 1.82) is 0 Å². The van der Waals surface area contributed by atoms with Crippen LogP contribution in [0.3, 0.4) is 0 Å². The van der Waals surface area contributed by atoms with Crippen LogP contribution in [0.1, 0.15) is 0 Å². The van der Waals surface area contributed by atoms with Crippen molar-refractivity contribution >= 4 is 16.6 Å². The van der Waals surface area contributed by atoms with E-state index in [4.69, 9.17) is 5.73 Å². The Morgan fingerprint density at radius 2 is 2.33 bits per heavy atom. The summed E-state index contributed by atoms with van der Waals surface area (Å²) in [7, 11) is 1.82. The number of aromatic nitrogens is 2. The highest BCUT2D eigenvalue weighted by Gasteiger charge is 2.08. The Morgan fingerprint density at radius 3 is 3.00 bits per heavy atom. The normalized spacial score (nSPS) is 10.8. The molecule has 0 radical (unpaired) electrons. The Kier molecular flexibility index (Phi) is 1.30. The third-order valence-corrected chi connectivity index (χ3v) is 1.88. The predicted octanol–water partition coefficient (Wildman–Crippen LogP) is 1.29. The van der Waals surface area contributed by atoms with Crippen LogP contribution in [0.2, 0.25) is 0 Å². The van der Waals surface area contributed by atoms with Gasteiger partial charge in [-0.25, -0.2) is 4.98 Å². The maximum Gasteiger partial charge on any atom is 0.224 e. The molecule has 0 amide bonds. The first-order valence-corrected chi connectivity index (χ1v) is 3.55. The van der Waals surface area contributed by atoms with Crippen LogP contribution in [0, 0.1) is 5.95 Å². The molecule has 12 heavy (non-hydrogen) atoms. The van der Waals surface area contributed by atoms with Gasteiger partial charge in [0.2, 0.25) is 5.95 Å². The van der Waals surface area contributed by atoms with E-state index in [1.807, 2.05) is 7.05 Å². The zero-order valence-corrected chi connectivity index (χ0v) is 6.58. The number of nitrogens with zero attached hydrogens (tertiary/aromatic N) is 2. The van der Waals surface area contributed by atoms with Gasteiger partial charge < -0.3 is 10.3 Å². The second-order valence-corrected chi connectivity index (χ2v) is 2.69. The lowest BCUT2D eigenvalue weighted by Crippen LogP contribution is -1.87. The standard InChI is InChI=1S/C8H8FN3/c1-12-4-5(10)7-6(12)2-3-11-8(7)9/h2-4H,10H2,1H3. The fraction of sp³-hybridized carbons (Fsp3) is 0.125. The fourth-order valence-corrected chi connectivity index (χ4v) is 1.33. The van der Waals surface area contributed by atoms with Crippen LogP contribution >= 0.6 is 0 Å². The van der Waals surface area contributed by atoms with E-state index in [9.17, 15) is 4.39 Å². The Bertz CT molecular complexity index is 433. The summed E-state index contributed by atoms with van der Waals surface area (Å²) in [6, 6.07) is 1.73. The van der Waals surface area contributed by atoms with E-state index in [2.05, 4.69) is 4.98 Å². The third-order valence-electron chi connectivity index (χ3n) is 1.88. The van der Waals surface area contributed by atoms with Gasteiger partial charge in [-0.1, -0.05) is 0 Å². The smallest absolute Gasteiger partial charge is 0.224 e. The van der Waals surface area contributed by atoms with Gasteiger partial charge in [-0.15, -0.1) is 0 Å². The molecule has 0 bridgehead atoms. The molecule has 2 heterocycles. The van der Waals surface area contributed by atoms with Crippen LogP contribution in [0.4, 0.5) is 10.1 Å². The van der Waals surface area contributed by atoms with Gasteiger partial charge in [0.05, 0.1) is 16.6 Å². The summed E-state index contributed by atoms with van der Waals surface area (Å²) in [6.07, 6.45) is 3.10. The zero-order valence-electron chi connectivity index (χ0n) is 6.58. The van der Waals surface area contributed by atoms with Crippen molar-refractivity contribution in [3.05, 3.63) is 24.4 Å². The van der Waals surface area contributed by atoms with Crippen LogP contribution in [-0.4, -0.2) is 9.55 Å². The molecule has 0 aromatic carbocycles. The Morgan fingerprint density at radius 1 is 1.58 bits per heavy atom. The van der Waals surface area contributed by atoms with Crippen molar-refractivity contribution in [3.63, 3.8) is 0 Å². The van der Waals surface area contributed by atoms with Crippen LogP contribution < -0.4 is 5.73 Å². The van der Waals surface area contributed by atoms with Crippen molar-refractivity contribution in [2.24, 2.45) is 7.05 Å². The molecular formula is C8H8FN3. The Balaban J connectivity index is 2.99. The van der Waals surface area contributed by atoms with Gasteiger partial charge in [-0.2, -0.15) is 4.39 Å². The van der Waals surface area contributed by atoms with E-state index in [0.29, 0.717) is 11.1 Å². The number of pyridine rings is 1. The van der Waals surface area contributed by atoms with Crippen LogP contribution in [0.15, 0.2) is 18.5 Å². The predicted molar refractivity (Wildman–Crippen MR) is 45.1 cm³/mol. The quantitative estimate of drug-likeness (QED) is 0.598. The monoisotopic (exact) mass is 165 g/mol. The summed E-state index contributed by atoms with van der Waals surface area (Å²) in [4.78, 5) is 3.52. The first-order valence-electron chi connectivity index (χ1n) is 3.55. The van der Waals surface area contributed by atoms with Gasteiger partial charge in [0.15, 0.2) is 0 Å². The minimum Gasteiger partial charge on any atom is -0.397 e. The molecule has 0 fully saturated rings. The molecule has 0 aliphatic rings. The molecule has 0 aliphatic carbocycles. The molecule has 0 saturated carbocycles. The first kappa shape index (κ1) is 7.09. The van der Waals surface area contributed by atoms with Gasteiger partial charge in [-0.05, 0) is 6.07 Å². The summed E-state index contributed by atoms with van der Waals surface area (Å²) >= 11 is 0. The van der Waals surface area contributed by atoms with Crippen LogP contribution in [-0.2, 0) is 7.05 Å². The van der Waals surface area contributed by atoms with Gasteiger partial charge >= 0.3 is 0 Å². The summed E-state index contributed by atoms with van der Waals surface area (Å²) in [5.74, 6) is -0.509. The minimum absolute atomic E-state index is 0.403. The first-order chi connectivity index (χ1) is 5.70. The number of anilines is 1.